The van der Waals surface area contributed by atoms with Crippen molar-refractivity contribution >= 4 is 0 Å². The summed E-state index contributed by atoms with van der Waals surface area (Å²) in [7, 11) is 0. The van der Waals surface area contributed by atoms with Crippen LogP contribution < -0.4 is 5.73 Å². The molecule has 0 aromatic rings. The van der Waals surface area contributed by atoms with Crippen LogP contribution in [0.15, 0.2) is 0 Å². The number of rotatable bonds is 0. The van der Waals surface area contributed by atoms with Crippen LogP contribution >= 0.6 is 0 Å². The Bertz CT molecular complexity index is 137. The maximum atomic E-state index is 9.42. The van der Waals surface area contributed by atoms with Gasteiger partial charge in [-0.05, 0) is 12.8 Å². The summed E-state index contributed by atoms with van der Waals surface area (Å²) in [6.45, 7) is 1.49. The van der Waals surface area contributed by atoms with Gasteiger partial charge in [0.05, 0.1) is 19.3 Å². The Kier molecular flexibility index (Phi) is 1.87. The van der Waals surface area contributed by atoms with E-state index in [1.54, 1.807) is 0 Å². The predicted molar refractivity (Wildman–Crippen MR) is 41.0 cm³/mol. The average molecular weight is 157 g/mol. The highest BCUT2D eigenvalue weighted by Crippen LogP contribution is 2.32. The molecular formula is C8H15NO2. The normalized spacial score (nSPS) is 50.7. The molecule has 2 fully saturated rings. The lowest BCUT2D eigenvalue weighted by molar-refractivity contribution is -0.0646. The smallest absolute Gasteiger partial charge is 0.0548 e. The Balaban J connectivity index is 2.07. The van der Waals surface area contributed by atoms with Gasteiger partial charge in [-0.2, -0.15) is 0 Å². The molecule has 1 aliphatic carbocycles. The van der Waals surface area contributed by atoms with Crippen LogP contribution in [0.4, 0.5) is 0 Å². The molecule has 0 aromatic heterocycles. The van der Waals surface area contributed by atoms with Crippen molar-refractivity contribution in [1.29, 1.82) is 0 Å². The molecule has 11 heavy (non-hydrogen) atoms. The quantitative estimate of drug-likeness (QED) is 0.509. The minimum Gasteiger partial charge on any atom is -0.393 e. The summed E-state index contributed by atoms with van der Waals surface area (Å²) in [5.41, 5.74) is 5.96. The topological polar surface area (TPSA) is 55.5 Å². The number of aliphatic hydroxyl groups is 1. The summed E-state index contributed by atoms with van der Waals surface area (Å²) in [6, 6.07) is 0.271. The first-order chi connectivity index (χ1) is 5.27. The van der Waals surface area contributed by atoms with Crippen molar-refractivity contribution in [3.05, 3.63) is 0 Å². The molecule has 2 bridgehead atoms. The van der Waals surface area contributed by atoms with Crippen LogP contribution in [0.5, 0.6) is 0 Å². The summed E-state index contributed by atoms with van der Waals surface area (Å²) < 4.78 is 5.36. The van der Waals surface area contributed by atoms with E-state index in [1.165, 1.54) is 0 Å². The molecule has 0 aromatic carbocycles. The lowest BCUT2D eigenvalue weighted by Gasteiger charge is -2.42. The Labute approximate surface area is 66.5 Å². The maximum absolute atomic E-state index is 9.42. The van der Waals surface area contributed by atoms with E-state index in [9.17, 15) is 5.11 Å². The van der Waals surface area contributed by atoms with E-state index in [2.05, 4.69) is 0 Å². The number of hydrogen-bond donors (Lipinski definition) is 2. The third-order valence-electron chi connectivity index (χ3n) is 2.90. The zero-order valence-electron chi connectivity index (χ0n) is 6.57. The number of ether oxygens (including phenoxy) is 1. The molecule has 2 unspecified atom stereocenters. The van der Waals surface area contributed by atoms with Crippen LogP contribution in [-0.4, -0.2) is 30.5 Å². The third kappa shape index (κ3) is 1.28. The number of hydrogen-bond acceptors (Lipinski definition) is 3. The van der Waals surface area contributed by atoms with Gasteiger partial charge in [0.15, 0.2) is 0 Å². The van der Waals surface area contributed by atoms with Crippen molar-refractivity contribution < 1.29 is 9.84 Å². The summed E-state index contributed by atoms with van der Waals surface area (Å²) in [6.07, 6.45) is 1.53. The minimum atomic E-state index is -0.131. The minimum absolute atomic E-state index is 0.131. The molecule has 3 heteroatoms. The molecule has 64 valence electrons. The van der Waals surface area contributed by atoms with Gasteiger partial charge in [0.1, 0.15) is 0 Å². The van der Waals surface area contributed by atoms with Crippen LogP contribution in [0, 0.1) is 11.8 Å². The second kappa shape index (κ2) is 2.73. The fraction of sp³-hybridized carbons (Fsp3) is 1.00. The van der Waals surface area contributed by atoms with E-state index in [-0.39, 0.29) is 12.1 Å². The van der Waals surface area contributed by atoms with Gasteiger partial charge in [0.2, 0.25) is 0 Å². The molecular weight excluding hydrogens is 142 g/mol. The van der Waals surface area contributed by atoms with Crippen molar-refractivity contribution in [2.24, 2.45) is 17.6 Å². The molecule has 0 spiro atoms. The Morgan fingerprint density at radius 3 is 2.27 bits per heavy atom. The molecule has 1 aliphatic heterocycles. The highest BCUT2D eigenvalue weighted by molar-refractivity contribution is 4.91. The van der Waals surface area contributed by atoms with E-state index in [4.69, 9.17) is 10.5 Å². The van der Waals surface area contributed by atoms with Gasteiger partial charge in [-0.3, -0.25) is 0 Å². The predicted octanol–water partition coefficient (Wildman–Crippen LogP) is -0.269. The lowest BCUT2D eigenvalue weighted by atomic mass is 9.75. The second-order valence-electron chi connectivity index (χ2n) is 3.76. The molecule has 0 radical (unpaired) electrons. The Morgan fingerprint density at radius 2 is 1.73 bits per heavy atom. The molecule has 3 nitrogen and oxygen atoms in total. The van der Waals surface area contributed by atoms with Crippen LogP contribution in [0.3, 0.4) is 0 Å². The molecule has 1 heterocycles. The van der Waals surface area contributed by atoms with Crippen LogP contribution in [0.2, 0.25) is 0 Å². The Hall–Kier alpha value is -0.120. The largest absolute Gasteiger partial charge is 0.393 e. The van der Waals surface area contributed by atoms with Gasteiger partial charge in [-0.25, -0.2) is 0 Å². The van der Waals surface area contributed by atoms with E-state index in [0.29, 0.717) is 11.8 Å². The van der Waals surface area contributed by atoms with Gasteiger partial charge in [0, 0.05) is 17.9 Å². The van der Waals surface area contributed by atoms with E-state index in [0.717, 1.165) is 26.1 Å². The first-order valence-electron chi connectivity index (χ1n) is 4.29. The zero-order chi connectivity index (χ0) is 7.84. The van der Waals surface area contributed by atoms with Gasteiger partial charge < -0.3 is 15.6 Å². The first kappa shape index (κ1) is 7.53. The first-order valence-corrected chi connectivity index (χ1v) is 4.29. The van der Waals surface area contributed by atoms with E-state index >= 15 is 0 Å². The molecule has 3 N–H and O–H groups in total. The highest BCUT2D eigenvalue weighted by Gasteiger charge is 2.38. The highest BCUT2D eigenvalue weighted by atomic mass is 16.5. The average Bonchev–Trinajstić information content (AvgIpc) is 1.92. The third-order valence-corrected chi connectivity index (χ3v) is 2.90. The fourth-order valence-corrected chi connectivity index (χ4v) is 2.22. The maximum Gasteiger partial charge on any atom is 0.0548 e. The van der Waals surface area contributed by atoms with E-state index in [1.807, 2.05) is 0 Å². The summed E-state index contributed by atoms with van der Waals surface area (Å²) in [4.78, 5) is 0. The number of aliphatic hydroxyl groups excluding tert-OH is 1. The lowest BCUT2D eigenvalue weighted by Crippen LogP contribution is -2.51. The van der Waals surface area contributed by atoms with Crippen molar-refractivity contribution in [3.63, 3.8) is 0 Å². The molecule has 1 saturated heterocycles. The zero-order valence-corrected chi connectivity index (χ0v) is 6.57. The van der Waals surface area contributed by atoms with Gasteiger partial charge in [-0.15, -0.1) is 0 Å². The summed E-state index contributed by atoms with van der Waals surface area (Å²) in [5, 5.41) is 9.42. The molecule has 0 amide bonds. The molecule has 2 atom stereocenters. The van der Waals surface area contributed by atoms with Crippen molar-refractivity contribution in [1.82, 2.24) is 0 Å². The SMILES string of the molecule is NC1C2COCC1CC(O)C2. The van der Waals surface area contributed by atoms with Crippen LogP contribution in [-0.2, 0) is 4.74 Å². The number of nitrogens with two attached hydrogens (primary N) is 1. The molecule has 1 saturated carbocycles. The Morgan fingerprint density at radius 1 is 1.18 bits per heavy atom. The van der Waals surface area contributed by atoms with Crippen LogP contribution in [0.1, 0.15) is 12.8 Å². The standard InChI is InChI=1S/C8H15NO2/c9-8-5-1-7(10)2-6(8)4-11-3-5/h5-8,10H,1-4,9H2. The summed E-state index contributed by atoms with van der Waals surface area (Å²) in [5.74, 6) is 0.801. The second-order valence-corrected chi connectivity index (χ2v) is 3.76. The van der Waals surface area contributed by atoms with Gasteiger partial charge >= 0.3 is 0 Å². The number of fused-ring (bicyclic) bond motifs is 2. The summed E-state index contributed by atoms with van der Waals surface area (Å²) >= 11 is 0. The molecule has 2 rings (SSSR count). The van der Waals surface area contributed by atoms with E-state index < -0.39 is 0 Å². The van der Waals surface area contributed by atoms with Crippen LogP contribution in [0.25, 0.3) is 0 Å². The van der Waals surface area contributed by atoms with Crippen molar-refractivity contribution in [3.8, 4) is 0 Å². The van der Waals surface area contributed by atoms with Crippen molar-refractivity contribution in [2.45, 2.75) is 25.0 Å². The fourth-order valence-electron chi connectivity index (χ4n) is 2.22. The van der Waals surface area contributed by atoms with Crippen molar-refractivity contribution in [2.75, 3.05) is 13.2 Å². The molecule has 2 aliphatic rings. The van der Waals surface area contributed by atoms with Gasteiger partial charge in [-0.1, -0.05) is 0 Å². The van der Waals surface area contributed by atoms with Gasteiger partial charge in [0.25, 0.3) is 0 Å². The monoisotopic (exact) mass is 157 g/mol.